The Balaban J connectivity index is 0.000000605. The van der Waals surface area contributed by atoms with Gasteiger partial charge >= 0.3 is 0 Å². The average molecular weight is 164 g/mol. The van der Waals surface area contributed by atoms with E-state index in [0.717, 1.165) is 0 Å². The third-order valence-corrected chi connectivity index (χ3v) is 2.58. The van der Waals surface area contributed by atoms with E-state index < -0.39 is 0 Å². The molecule has 0 amide bonds. The smallest absolute Gasteiger partial charge is 0.0345 e. The van der Waals surface area contributed by atoms with Crippen LogP contribution in [-0.2, 0) is 0 Å². The summed E-state index contributed by atoms with van der Waals surface area (Å²) >= 11 is 1.85. The second-order valence-corrected chi connectivity index (χ2v) is 3.68. The molecule has 0 radical (unpaired) electrons. The minimum Gasteiger partial charge on any atom is -0.141 e. The van der Waals surface area contributed by atoms with Crippen molar-refractivity contribution in [3.05, 3.63) is 35.2 Å². The molecule has 0 saturated heterocycles. The molecule has 2 rings (SSSR count). The lowest BCUT2D eigenvalue weighted by atomic mass is 10.2. The van der Waals surface area contributed by atoms with E-state index >= 15 is 0 Å². The molecule has 0 saturated carbocycles. The van der Waals surface area contributed by atoms with Gasteiger partial charge in [0.1, 0.15) is 0 Å². The fourth-order valence-electron chi connectivity index (χ4n) is 1.11. The van der Waals surface area contributed by atoms with Crippen LogP contribution in [0.15, 0.2) is 30.3 Å². The first kappa shape index (κ1) is 8.28. The van der Waals surface area contributed by atoms with Crippen molar-refractivity contribution in [2.45, 2.75) is 14.4 Å². The highest BCUT2D eigenvalue weighted by Gasteiger charge is 1.93. The lowest BCUT2D eigenvalue weighted by molar-refractivity contribution is 1.65. The van der Waals surface area contributed by atoms with Crippen LogP contribution in [0.2, 0.25) is 0 Å². The van der Waals surface area contributed by atoms with E-state index in [9.17, 15) is 0 Å². The SMILES string of the molecule is C.Cc1cc2ccccc2s1. The Morgan fingerprint density at radius 1 is 1.18 bits per heavy atom. The van der Waals surface area contributed by atoms with Gasteiger partial charge in [-0.15, -0.1) is 11.3 Å². The Morgan fingerprint density at radius 3 is 2.64 bits per heavy atom. The van der Waals surface area contributed by atoms with Crippen molar-refractivity contribution in [2.24, 2.45) is 0 Å². The zero-order valence-electron chi connectivity index (χ0n) is 5.79. The van der Waals surface area contributed by atoms with Gasteiger partial charge < -0.3 is 0 Å². The molecule has 0 spiro atoms. The monoisotopic (exact) mass is 164 g/mol. The molecule has 0 aliphatic heterocycles. The summed E-state index contributed by atoms with van der Waals surface area (Å²) in [5, 5.41) is 1.37. The minimum atomic E-state index is 0. The topological polar surface area (TPSA) is 0 Å². The Labute approximate surface area is 71.5 Å². The summed E-state index contributed by atoms with van der Waals surface area (Å²) < 4.78 is 1.39. The zero-order valence-corrected chi connectivity index (χ0v) is 6.61. The van der Waals surface area contributed by atoms with Crippen LogP contribution in [0.3, 0.4) is 0 Å². The van der Waals surface area contributed by atoms with Crippen LogP contribution in [0.1, 0.15) is 12.3 Å². The molecule has 0 atom stereocenters. The van der Waals surface area contributed by atoms with Gasteiger partial charge in [-0.2, -0.15) is 0 Å². The molecule has 0 bridgehead atoms. The molecule has 1 heteroatoms. The summed E-state index contributed by atoms with van der Waals surface area (Å²) in [5.41, 5.74) is 0. The highest BCUT2D eigenvalue weighted by molar-refractivity contribution is 7.19. The Bertz CT molecular complexity index is 313. The van der Waals surface area contributed by atoms with Gasteiger partial charge in [0.05, 0.1) is 0 Å². The lowest BCUT2D eigenvalue weighted by Crippen LogP contribution is -1.56. The van der Waals surface area contributed by atoms with Crippen molar-refractivity contribution in [3.8, 4) is 0 Å². The van der Waals surface area contributed by atoms with E-state index in [-0.39, 0.29) is 7.43 Å². The van der Waals surface area contributed by atoms with Crippen LogP contribution in [0.25, 0.3) is 10.1 Å². The molecule has 1 aromatic heterocycles. The second kappa shape index (κ2) is 3.05. The zero-order chi connectivity index (χ0) is 6.97. The number of benzene rings is 1. The van der Waals surface area contributed by atoms with E-state index in [1.807, 2.05) is 11.3 Å². The summed E-state index contributed by atoms with van der Waals surface area (Å²) in [6.45, 7) is 2.14. The number of hydrogen-bond acceptors (Lipinski definition) is 1. The largest absolute Gasteiger partial charge is 0.141 e. The van der Waals surface area contributed by atoms with Gasteiger partial charge in [0.25, 0.3) is 0 Å². The van der Waals surface area contributed by atoms with E-state index in [4.69, 9.17) is 0 Å². The molecular formula is C10H12S. The van der Waals surface area contributed by atoms with Gasteiger partial charge in [-0.3, -0.25) is 0 Å². The molecule has 58 valence electrons. The van der Waals surface area contributed by atoms with Crippen LogP contribution in [0.5, 0.6) is 0 Å². The second-order valence-electron chi connectivity index (χ2n) is 2.39. The molecule has 0 N–H and O–H groups in total. The van der Waals surface area contributed by atoms with E-state index in [1.54, 1.807) is 0 Å². The molecule has 0 fully saturated rings. The molecular weight excluding hydrogens is 152 g/mol. The maximum Gasteiger partial charge on any atom is 0.0345 e. The molecule has 0 aliphatic carbocycles. The summed E-state index contributed by atoms with van der Waals surface area (Å²) in [4.78, 5) is 1.39. The van der Waals surface area contributed by atoms with Gasteiger partial charge in [0.2, 0.25) is 0 Å². The Hall–Kier alpha value is -0.820. The Morgan fingerprint density at radius 2 is 1.91 bits per heavy atom. The average Bonchev–Trinajstić information content (AvgIpc) is 2.27. The van der Waals surface area contributed by atoms with Crippen LogP contribution in [0.4, 0.5) is 0 Å². The van der Waals surface area contributed by atoms with Crippen molar-refractivity contribution in [1.82, 2.24) is 0 Å². The van der Waals surface area contributed by atoms with Crippen LogP contribution in [-0.4, -0.2) is 0 Å². The van der Waals surface area contributed by atoms with Crippen molar-refractivity contribution in [1.29, 1.82) is 0 Å². The number of thiophene rings is 1. The first-order valence-electron chi connectivity index (χ1n) is 3.31. The highest BCUT2D eigenvalue weighted by Crippen LogP contribution is 2.23. The van der Waals surface area contributed by atoms with Gasteiger partial charge in [-0.05, 0) is 24.4 Å². The lowest BCUT2D eigenvalue weighted by Gasteiger charge is -1.82. The van der Waals surface area contributed by atoms with Gasteiger partial charge in [0, 0.05) is 9.58 Å². The van der Waals surface area contributed by atoms with Gasteiger partial charge in [-0.25, -0.2) is 0 Å². The molecule has 0 nitrogen and oxygen atoms in total. The molecule has 11 heavy (non-hydrogen) atoms. The first-order chi connectivity index (χ1) is 4.86. The summed E-state index contributed by atoms with van der Waals surface area (Å²) in [7, 11) is 0. The van der Waals surface area contributed by atoms with Crippen LogP contribution in [0, 0.1) is 6.92 Å². The molecule has 0 aliphatic rings. The van der Waals surface area contributed by atoms with Crippen molar-refractivity contribution < 1.29 is 0 Å². The minimum absolute atomic E-state index is 0. The molecule has 0 unspecified atom stereocenters. The number of aryl methyl sites for hydroxylation is 1. The number of rotatable bonds is 0. The Kier molecular flexibility index (Phi) is 2.30. The maximum absolute atomic E-state index is 2.22. The predicted molar refractivity (Wildman–Crippen MR) is 53.3 cm³/mol. The van der Waals surface area contributed by atoms with Crippen molar-refractivity contribution in [3.63, 3.8) is 0 Å². The molecule has 1 aromatic carbocycles. The fourth-order valence-corrected chi connectivity index (χ4v) is 2.04. The summed E-state index contributed by atoms with van der Waals surface area (Å²) in [5.74, 6) is 0. The van der Waals surface area contributed by atoms with Crippen LogP contribution < -0.4 is 0 Å². The van der Waals surface area contributed by atoms with Crippen LogP contribution >= 0.6 is 11.3 Å². The predicted octanol–water partition coefficient (Wildman–Crippen LogP) is 3.85. The molecule has 2 aromatic rings. The first-order valence-corrected chi connectivity index (χ1v) is 4.13. The third-order valence-electron chi connectivity index (χ3n) is 1.55. The quantitative estimate of drug-likeness (QED) is 0.555. The van der Waals surface area contributed by atoms with Gasteiger partial charge in [-0.1, -0.05) is 25.6 Å². The maximum atomic E-state index is 2.22. The number of fused-ring (bicyclic) bond motifs is 1. The normalized spacial score (nSPS) is 9.55. The summed E-state index contributed by atoms with van der Waals surface area (Å²) in [6, 6.07) is 10.7. The molecule has 1 heterocycles. The van der Waals surface area contributed by atoms with Crippen molar-refractivity contribution >= 4 is 21.4 Å². The standard InChI is InChI=1S/C9H8S.CH4/c1-7-6-8-4-2-3-5-9(8)10-7;/h2-6H,1H3;1H4. The fraction of sp³-hybridized carbons (Fsp3) is 0.200. The summed E-state index contributed by atoms with van der Waals surface area (Å²) in [6.07, 6.45) is 0. The van der Waals surface area contributed by atoms with E-state index in [1.165, 1.54) is 15.0 Å². The van der Waals surface area contributed by atoms with Gasteiger partial charge in [0.15, 0.2) is 0 Å². The van der Waals surface area contributed by atoms with E-state index in [2.05, 4.69) is 37.3 Å². The van der Waals surface area contributed by atoms with E-state index in [0.29, 0.717) is 0 Å². The van der Waals surface area contributed by atoms with Crippen molar-refractivity contribution in [2.75, 3.05) is 0 Å². The highest BCUT2D eigenvalue weighted by atomic mass is 32.1. The third kappa shape index (κ3) is 1.43. The number of hydrogen-bond donors (Lipinski definition) is 0.